The van der Waals surface area contributed by atoms with Crippen molar-refractivity contribution in [1.29, 1.82) is 0 Å². The molecule has 164 valence electrons. The van der Waals surface area contributed by atoms with Crippen LogP contribution >= 0.6 is 11.6 Å². The molecule has 1 aromatic heterocycles. The molecular formula is C22H19ClN4O4S. The molecule has 0 radical (unpaired) electrons. The van der Waals surface area contributed by atoms with Gasteiger partial charge in [0, 0.05) is 19.1 Å². The standard InChI is InChI=1S/C22H17ClN4O4S.H2/c1-15-13-21(16-7-3-2-4-8-16)26(24-15)20-12-11-17(27(28)29)14-22(20)32(30,31)25-19-10-6-5-9-18(19)23;/h2-14,25H,1H3;1H. The van der Waals surface area contributed by atoms with Gasteiger partial charge in [-0.1, -0.05) is 54.1 Å². The Morgan fingerprint density at radius 1 is 1.03 bits per heavy atom. The fourth-order valence-corrected chi connectivity index (χ4v) is 4.77. The molecule has 0 amide bonds. The quantitative estimate of drug-likeness (QED) is 0.297. The SMILES string of the molecule is Cc1cc(-c2ccccc2)n(-c2ccc([N+](=O)[O-])cc2S(=O)(=O)Nc2ccccc2Cl)n1.[HH]. The highest BCUT2D eigenvalue weighted by Crippen LogP contribution is 2.32. The number of benzene rings is 3. The molecule has 8 nitrogen and oxygen atoms in total. The van der Waals surface area contributed by atoms with E-state index in [1.54, 1.807) is 19.1 Å². The number of nitro groups is 1. The van der Waals surface area contributed by atoms with Crippen LogP contribution in [0.3, 0.4) is 0 Å². The third-order valence-electron chi connectivity index (χ3n) is 4.69. The van der Waals surface area contributed by atoms with Gasteiger partial charge in [0.05, 0.1) is 32.7 Å². The Morgan fingerprint density at radius 2 is 1.72 bits per heavy atom. The average Bonchev–Trinajstić information content (AvgIpc) is 3.17. The fourth-order valence-electron chi connectivity index (χ4n) is 3.25. The molecule has 3 aromatic carbocycles. The number of nitrogens with zero attached hydrogens (tertiary/aromatic N) is 3. The zero-order valence-electron chi connectivity index (χ0n) is 16.8. The van der Waals surface area contributed by atoms with Crippen molar-refractivity contribution in [2.75, 3.05) is 4.72 Å². The Balaban J connectivity index is 0.00000306. The van der Waals surface area contributed by atoms with Gasteiger partial charge < -0.3 is 0 Å². The molecule has 0 saturated carbocycles. The Kier molecular flexibility index (Phi) is 5.68. The molecule has 0 fully saturated rings. The first-order chi connectivity index (χ1) is 15.3. The number of nitrogens with one attached hydrogen (secondary N) is 1. The number of para-hydroxylation sites is 1. The van der Waals surface area contributed by atoms with Crippen molar-refractivity contribution >= 4 is 33.0 Å². The minimum atomic E-state index is -4.26. The number of hydrogen-bond acceptors (Lipinski definition) is 5. The minimum Gasteiger partial charge on any atom is -0.278 e. The maximum atomic E-state index is 13.3. The van der Waals surface area contributed by atoms with Crippen molar-refractivity contribution in [2.24, 2.45) is 0 Å². The lowest BCUT2D eigenvalue weighted by Gasteiger charge is -2.15. The highest BCUT2D eigenvalue weighted by molar-refractivity contribution is 7.92. The zero-order valence-corrected chi connectivity index (χ0v) is 18.3. The molecule has 0 aliphatic rings. The second-order valence-electron chi connectivity index (χ2n) is 6.94. The third-order valence-corrected chi connectivity index (χ3v) is 6.42. The monoisotopic (exact) mass is 470 g/mol. The highest BCUT2D eigenvalue weighted by atomic mass is 35.5. The molecule has 4 aromatic rings. The summed E-state index contributed by atoms with van der Waals surface area (Å²) in [4.78, 5) is 10.4. The molecule has 0 bridgehead atoms. The first-order valence-electron chi connectivity index (χ1n) is 9.44. The van der Waals surface area contributed by atoms with Gasteiger partial charge in [0.25, 0.3) is 15.7 Å². The van der Waals surface area contributed by atoms with Crippen LogP contribution in [-0.4, -0.2) is 23.1 Å². The van der Waals surface area contributed by atoms with Crippen molar-refractivity contribution in [3.63, 3.8) is 0 Å². The van der Waals surface area contributed by atoms with Crippen LogP contribution in [0.15, 0.2) is 83.8 Å². The van der Waals surface area contributed by atoms with E-state index in [4.69, 9.17) is 11.6 Å². The number of hydrogen-bond donors (Lipinski definition) is 1. The van der Waals surface area contributed by atoms with Crippen molar-refractivity contribution in [3.8, 4) is 16.9 Å². The summed E-state index contributed by atoms with van der Waals surface area (Å²) in [6.07, 6.45) is 0. The Morgan fingerprint density at radius 3 is 2.41 bits per heavy atom. The number of non-ortho nitro benzene ring substituents is 1. The van der Waals surface area contributed by atoms with E-state index in [1.807, 2.05) is 36.4 Å². The molecule has 0 aliphatic carbocycles. The summed E-state index contributed by atoms with van der Waals surface area (Å²) >= 11 is 6.11. The molecule has 0 aliphatic heterocycles. The molecule has 0 atom stereocenters. The van der Waals surface area contributed by atoms with Gasteiger partial charge in [0.1, 0.15) is 4.90 Å². The van der Waals surface area contributed by atoms with Crippen LogP contribution in [0.25, 0.3) is 16.9 Å². The number of anilines is 1. The third kappa shape index (κ3) is 4.20. The lowest BCUT2D eigenvalue weighted by atomic mass is 10.1. The van der Waals surface area contributed by atoms with Gasteiger partial charge in [-0.2, -0.15) is 5.10 Å². The largest absolute Gasteiger partial charge is 0.278 e. The highest BCUT2D eigenvalue weighted by Gasteiger charge is 2.26. The fraction of sp³-hybridized carbons (Fsp3) is 0.0455. The summed E-state index contributed by atoms with van der Waals surface area (Å²) in [5.74, 6) is 0. The van der Waals surface area contributed by atoms with E-state index in [0.29, 0.717) is 11.4 Å². The molecule has 1 N–H and O–H groups in total. The number of aryl methyl sites for hydroxylation is 1. The smallest absolute Gasteiger partial charge is 0.270 e. The van der Waals surface area contributed by atoms with Gasteiger partial charge in [-0.15, -0.1) is 0 Å². The number of nitro benzene ring substituents is 1. The summed E-state index contributed by atoms with van der Waals surface area (Å²) in [6.45, 7) is 1.78. The normalized spacial score (nSPS) is 11.3. The molecule has 0 spiro atoms. The van der Waals surface area contributed by atoms with E-state index in [1.165, 1.54) is 28.9 Å². The van der Waals surface area contributed by atoms with Crippen LogP contribution in [0.5, 0.6) is 0 Å². The number of sulfonamides is 1. The van der Waals surface area contributed by atoms with E-state index in [9.17, 15) is 18.5 Å². The van der Waals surface area contributed by atoms with Gasteiger partial charge in [0.2, 0.25) is 0 Å². The topological polar surface area (TPSA) is 107 Å². The van der Waals surface area contributed by atoms with Crippen molar-refractivity contribution in [1.82, 2.24) is 9.78 Å². The second-order valence-corrected chi connectivity index (χ2v) is 9.00. The summed E-state index contributed by atoms with van der Waals surface area (Å²) in [6, 6.07) is 21.1. The lowest BCUT2D eigenvalue weighted by molar-refractivity contribution is -0.385. The zero-order chi connectivity index (χ0) is 22.9. The Bertz CT molecular complexity index is 1430. The molecule has 1 heterocycles. The van der Waals surface area contributed by atoms with Crippen molar-refractivity contribution in [3.05, 3.63) is 99.7 Å². The Labute approximate surface area is 190 Å². The van der Waals surface area contributed by atoms with Gasteiger partial charge in [-0.3, -0.25) is 14.8 Å². The van der Waals surface area contributed by atoms with Crippen LogP contribution in [0, 0.1) is 17.0 Å². The van der Waals surface area contributed by atoms with Crippen molar-refractivity contribution in [2.45, 2.75) is 11.8 Å². The van der Waals surface area contributed by atoms with Gasteiger partial charge in [0.15, 0.2) is 0 Å². The summed E-state index contributed by atoms with van der Waals surface area (Å²) < 4.78 is 30.6. The van der Waals surface area contributed by atoms with E-state index in [0.717, 1.165) is 11.6 Å². The number of halogens is 1. The molecule has 10 heteroatoms. The molecular weight excluding hydrogens is 452 g/mol. The molecule has 0 saturated heterocycles. The molecule has 32 heavy (non-hydrogen) atoms. The Hall–Kier alpha value is -3.69. The number of rotatable bonds is 6. The van der Waals surface area contributed by atoms with Crippen LogP contribution in [-0.2, 0) is 10.0 Å². The molecule has 0 unspecified atom stereocenters. The van der Waals surface area contributed by atoms with Gasteiger partial charge in [-0.25, -0.2) is 13.1 Å². The van der Waals surface area contributed by atoms with Gasteiger partial charge >= 0.3 is 0 Å². The predicted octanol–water partition coefficient (Wildman–Crippen LogP) is 5.46. The second kappa shape index (κ2) is 8.45. The van der Waals surface area contributed by atoms with E-state index < -0.39 is 14.9 Å². The maximum Gasteiger partial charge on any atom is 0.270 e. The average molecular weight is 471 g/mol. The number of aromatic nitrogens is 2. The van der Waals surface area contributed by atoms with Crippen LogP contribution in [0.2, 0.25) is 5.02 Å². The van der Waals surface area contributed by atoms with E-state index in [2.05, 4.69) is 9.82 Å². The molecule has 4 rings (SSSR count). The van der Waals surface area contributed by atoms with E-state index in [-0.39, 0.29) is 28.4 Å². The van der Waals surface area contributed by atoms with Crippen LogP contribution < -0.4 is 4.72 Å². The summed E-state index contributed by atoms with van der Waals surface area (Å²) in [5.41, 5.74) is 2.08. The lowest BCUT2D eigenvalue weighted by Crippen LogP contribution is -2.17. The van der Waals surface area contributed by atoms with Gasteiger partial charge in [-0.05, 0) is 31.2 Å². The van der Waals surface area contributed by atoms with E-state index >= 15 is 0 Å². The predicted molar refractivity (Wildman–Crippen MR) is 125 cm³/mol. The van der Waals surface area contributed by atoms with Crippen LogP contribution in [0.1, 0.15) is 7.12 Å². The van der Waals surface area contributed by atoms with Crippen LogP contribution in [0.4, 0.5) is 11.4 Å². The van der Waals surface area contributed by atoms with Crippen molar-refractivity contribution < 1.29 is 14.8 Å². The first kappa shape index (κ1) is 21.5. The summed E-state index contributed by atoms with van der Waals surface area (Å²) in [5, 5.41) is 16.0. The maximum absolute atomic E-state index is 13.3. The minimum absolute atomic E-state index is 0. The summed E-state index contributed by atoms with van der Waals surface area (Å²) in [7, 11) is -4.26. The first-order valence-corrected chi connectivity index (χ1v) is 11.3.